The molecule has 0 spiro atoms. The van der Waals surface area contributed by atoms with Gasteiger partial charge in [-0.2, -0.15) is 0 Å². The molecule has 0 saturated heterocycles. The molecule has 0 radical (unpaired) electrons. The van der Waals surface area contributed by atoms with Gasteiger partial charge in [0.2, 0.25) is 0 Å². The predicted octanol–water partition coefficient (Wildman–Crippen LogP) is 2.78. The van der Waals surface area contributed by atoms with Crippen LogP contribution >= 0.6 is 0 Å². The number of ether oxygens (including phenoxy) is 2. The second kappa shape index (κ2) is 11.2. The second-order valence-electron chi connectivity index (χ2n) is 5.39. The molecular formula is C15H30O4. The lowest BCUT2D eigenvalue weighted by atomic mass is 10.0. The van der Waals surface area contributed by atoms with Gasteiger partial charge in [0.15, 0.2) is 0 Å². The molecule has 0 aromatic rings. The Kier molecular flexibility index (Phi) is 10.9. The number of carbonyl (C=O) groups excluding carboxylic acids is 1. The summed E-state index contributed by atoms with van der Waals surface area (Å²) in [4.78, 5) is 11.2. The summed E-state index contributed by atoms with van der Waals surface area (Å²) in [5.74, 6) is 0.116. The van der Waals surface area contributed by atoms with Crippen molar-refractivity contribution in [2.24, 2.45) is 11.8 Å². The number of aliphatic hydroxyl groups excluding tert-OH is 1. The zero-order chi connectivity index (χ0) is 14.7. The second-order valence-corrected chi connectivity index (χ2v) is 5.39. The van der Waals surface area contributed by atoms with Gasteiger partial charge in [0, 0.05) is 6.61 Å². The summed E-state index contributed by atoms with van der Waals surface area (Å²) in [6.07, 6.45) is 3.95. The third-order valence-electron chi connectivity index (χ3n) is 3.10. The van der Waals surface area contributed by atoms with Gasteiger partial charge in [-0.3, -0.25) is 4.79 Å². The van der Waals surface area contributed by atoms with E-state index in [1.54, 1.807) is 13.8 Å². The fourth-order valence-corrected chi connectivity index (χ4v) is 1.66. The first-order chi connectivity index (χ1) is 9.01. The molecule has 0 rings (SSSR count). The molecule has 4 heteroatoms. The topological polar surface area (TPSA) is 55.8 Å². The van der Waals surface area contributed by atoms with Crippen LogP contribution < -0.4 is 0 Å². The highest BCUT2D eigenvalue weighted by molar-refractivity contribution is 5.71. The lowest BCUT2D eigenvalue weighted by molar-refractivity contribution is -0.151. The third-order valence-corrected chi connectivity index (χ3v) is 3.10. The Labute approximate surface area is 117 Å². The van der Waals surface area contributed by atoms with Gasteiger partial charge >= 0.3 is 5.97 Å². The first-order valence-corrected chi connectivity index (χ1v) is 7.43. The normalized spacial score (nSPS) is 14.4. The SMILES string of the molecule is CCCCC(CC)COCC(O)COC(=O)C(C)C. The van der Waals surface area contributed by atoms with Crippen LogP contribution in [-0.4, -0.2) is 37.0 Å². The minimum Gasteiger partial charge on any atom is -0.463 e. The largest absolute Gasteiger partial charge is 0.463 e. The lowest BCUT2D eigenvalue weighted by Crippen LogP contribution is -2.26. The number of hydrogen-bond donors (Lipinski definition) is 1. The van der Waals surface area contributed by atoms with Gasteiger partial charge in [0.25, 0.3) is 0 Å². The Balaban J connectivity index is 3.66. The van der Waals surface area contributed by atoms with E-state index in [1.807, 2.05) is 0 Å². The Hall–Kier alpha value is -0.610. The average molecular weight is 274 g/mol. The molecular weight excluding hydrogens is 244 g/mol. The monoisotopic (exact) mass is 274 g/mol. The van der Waals surface area contributed by atoms with Crippen molar-refractivity contribution in [1.29, 1.82) is 0 Å². The highest BCUT2D eigenvalue weighted by atomic mass is 16.5. The molecule has 0 aliphatic heterocycles. The smallest absolute Gasteiger partial charge is 0.308 e. The van der Waals surface area contributed by atoms with E-state index in [-0.39, 0.29) is 25.1 Å². The highest BCUT2D eigenvalue weighted by Gasteiger charge is 2.13. The summed E-state index contributed by atoms with van der Waals surface area (Å²) in [7, 11) is 0. The number of esters is 1. The molecule has 0 aromatic carbocycles. The third kappa shape index (κ3) is 9.91. The van der Waals surface area contributed by atoms with Gasteiger partial charge in [0.05, 0.1) is 12.5 Å². The van der Waals surface area contributed by atoms with Crippen LogP contribution in [0.5, 0.6) is 0 Å². The van der Waals surface area contributed by atoms with Crippen LogP contribution in [0.4, 0.5) is 0 Å². The molecule has 0 amide bonds. The van der Waals surface area contributed by atoms with Crippen LogP contribution in [-0.2, 0) is 14.3 Å². The number of rotatable bonds is 11. The van der Waals surface area contributed by atoms with Gasteiger partial charge in [-0.1, -0.05) is 47.0 Å². The van der Waals surface area contributed by atoms with Crippen LogP contribution in [0, 0.1) is 11.8 Å². The molecule has 0 aromatic heterocycles. The number of carbonyl (C=O) groups is 1. The number of aliphatic hydroxyl groups is 1. The van der Waals surface area contributed by atoms with Gasteiger partial charge in [-0.25, -0.2) is 0 Å². The van der Waals surface area contributed by atoms with Crippen molar-refractivity contribution in [1.82, 2.24) is 0 Å². The van der Waals surface area contributed by atoms with Gasteiger partial charge in [0.1, 0.15) is 12.7 Å². The van der Waals surface area contributed by atoms with Crippen LogP contribution in [0.15, 0.2) is 0 Å². The van der Waals surface area contributed by atoms with E-state index in [0.717, 1.165) is 6.42 Å². The van der Waals surface area contributed by atoms with Crippen molar-refractivity contribution in [2.75, 3.05) is 19.8 Å². The van der Waals surface area contributed by atoms with Crippen molar-refractivity contribution >= 4 is 5.97 Å². The molecule has 2 unspecified atom stereocenters. The number of hydrogen-bond acceptors (Lipinski definition) is 4. The molecule has 2 atom stereocenters. The van der Waals surface area contributed by atoms with Crippen molar-refractivity contribution in [3.63, 3.8) is 0 Å². The van der Waals surface area contributed by atoms with E-state index in [9.17, 15) is 9.90 Å². The Morgan fingerprint density at radius 1 is 1.16 bits per heavy atom. The molecule has 0 saturated carbocycles. The predicted molar refractivity (Wildman–Crippen MR) is 75.9 cm³/mol. The van der Waals surface area contributed by atoms with Gasteiger partial charge in [-0.05, 0) is 12.3 Å². The molecule has 0 heterocycles. The van der Waals surface area contributed by atoms with E-state index >= 15 is 0 Å². The van der Waals surface area contributed by atoms with Gasteiger partial charge < -0.3 is 14.6 Å². The summed E-state index contributed by atoms with van der Waals surface area (Å²) in [5.41, 5.74) is 0. The Morgan fingerprint density at radius 3 is 2.37 bits per heavy atom. The fraction of sp³-hybridized carbons (Fsp3) is 0.933. The molecule has 0 aliphatic carbocycles. The van der Waals surface area contributed by atoms with Crippen molar-refractivity contribution in [2.45, 2.75) is 59.5 Å². The molecule has 0 aliphatic rings. The molecule has 4 nitrogen and oxygen atoms in total. The molecule has 19 heavy (non-hydrogen) atoms. The van der Waals surface area contributed by atoms with Crippen molar-refractivity contribution in [3.8, 4) is 0 Å². The van der Waals surface area contributed by atoms with Crippen LogP contribution in [0.3, 0.4) is 0 Å². The maximum absolute atomic E-state index is 11.2. The van der Waals surface area contributed by atoms with E-state index in [4.69, 9.17) is 9.47 Å². The Bertz CT molecular complexity index is 228. The first-order valence-electron chi connectivity index (χ1n) is 7.43. The molecule has 0 fully saturated rings. The zero-order valence-corrected chi connectivity index (χ0v) is 12.9. The van der Waals surface area contributed by atoms with E-state index in [1.165, 1.54) is 19.3 Å². The van der Waals surface area contributed by atoms with Crippen molar-refractivity contribution in [3.05, 3.63) is 0 Å². The fourth-order valence-electron chi connectivity index (χ4n) is 1.66. The van der Waals surface area contributed by atoms with E-state index in [0.29, 0.717) is 12.5 Å². The summed E-state index contributed by atoms with van der Waals surface area (Å²) < 4.78 is 10.4. The first kappa shape index (κ1) is 18.4. The minimum atomic E-state index is -0.730. The van der Waals surface area contributed by atoms with Gasteiger partial charge in [-0.15, -0.1) is 0 Å². The summed E-state index contributed by atoms with van der Waals surface area (Å²) in [6, 6.07) is 0. The minimum absolute atomic E-state index is 0.0166. The van der Waals surface area contributed by atoms with Crippen LogP contribution in [0.2, 0.25) is 0 Å². The maximum atomic E-state index is 11.2. The van der Waals surface area contributed by atoms with Crippen LogP contribution in [0.25, 0.3) is 0 Å². The molecule has 1 N–H and O–H groups in total. The quantitative estimate of drug-likeness (QED) is 0.589. The maximum Gasteiger partial charge on any atom is 0.308 e. The summed E-state index contributed by atoms with van der Waals surface area (Å²) in [5, 5.41) is 9.64. The molecule has 114 valence electrons. The highest BCUT2D eigenvalue weighted by Crippen LogP contribution is 2.12. The average Bonchev–Trinajstić information content (AvgIpc) is 2.39. The summed E-state index contributed by atoms with van der Waals surface area (Å²) >= 11 is 0. The van der Waals surface area contributed by atoms with E-state index in [2.05, 4.69) is 13.8 Å². The van der Waals surface area contributed by atoms with E-state index < -0.39 is 6.10 Å². The Morgan fingerprint density at radius 2 is 1.84 bits per heavy atom. The lowest BCUT2D eigenvalue weighted by Gasteiger charge is -2.17. The molecule has 0 bridgehead atoms. The number of unbranched alkanes of at least 4 members (excludes halogenated alkanes) is 1. The van der Waals surface area contributed by atoms with Crippen LogP contribution in [0.1, 0.15) is 53.4 Å². The van der Waals surface area contributed by atoms with Crippen molar-refractivity contribution < 1.29 is 19.4 Å². The zero-order valence-electron chi connectivity index (χ0n) is 12.9. The summed E-state index contributed by atoms with van der Waals surface area (Å²) in [6.45, 7) is 8.79. The standard InChI is InChI=1S/C15H30O4/c1-5-7-8-13(6-2)9-18-10-14(16)11-19-15(17)12(3)4/h12-14,16H,5-11H2,1-4H3.